The molecule has 3 rings (SSSR count). The van der Waals surface area contributed by atoms with Gasteiger partial charge in [-0.3, -0.25) is 9.11 Å². The minimum atomic E-state index is -4.89. The molecule has 13 nitrogen and oxygen atoms in total. The number of hydrogen-bond donors (Lipinski definition) is 6. The van der Waals surface area contributed by atoms with Crippen molar-refractivity contribution in [3.05, 3.63) is 47.7 Å². The Labute approximate surface area is 174 Å². The van der Waals surface area contributed by atoms with Gasteiger partial charge in [0, 0.05) is 17.5 Å². The fourth-order valence-corrected chi connectivity index (χ4v) is 3.94. The van der Waals surface area contributed by atoms with Crippen molar-refractivity contribution in [1.29, 1.82) is 0 Å². The lowest BCUT2D eigenvalue weighted by atomic mass is 10.1. The van der Waals surface area contributed by atoms with Crippen LogP contribution in [-0.4, -0.2) is 41.4 Å². The third-order valence-electron chi connectivity index (χ3n) is 4.07. The Balaban J connectivity index is 2.18. The molecule has 0 spiro atoms. The number of aromatic hydroxyl groups is 2. The number of quaternary nitrogens is 1. The van der Waals surface area contributed by atoms with Crippen LogP contribution in [0.15, 0.2) is 62.5 Å². The van der Waals surface area contributed by atoms with Crippen molar-refractivity contribution in [2.45, 2.75) is 9.79 Å². The van der Waals surface area contributed by atoms with Gasteiger partial charge in [0.05, 0.1) is 21.7 Å². The van der Waals surface area contributed by atoms with Gasteiger partial charge in [-0.05, 0) is 30.3 Å². The van der Waals surface area contributed by atoms with Gasteiger partial charge >= 0.3 is 10.1 Å². The molecule has 0 aliphatic heterocycles. The second kappa shape index (κ2) is 7.82. The van der Waals surface area contributed by atoms with Crippen LogP contribution in [0.25, 0.3) is 10.8 Å². The molecule has 0 fully saturated rings. The number of fused-ring (bicyclic) bond motifs is 1. The molecule has 0 radical (unpaired) electrons. The highest BCUT2D eigenvalue weighted by Crippen LogP contribution is 2.40. The zero-order chi connectivity index (χ0) is 23.1. The van der Waals surface area contributed by atoms with E-state index in [2.05, 4.69) is 10.2 Å². The monoisotopic (exact) mass is 471 g/mol. The molecule has 0 bridgehead atoms. The van der Waals surface area contributed by atoms with Crippen LogP contribution in [0, 0.1) is 5.21 Å². The second-order valence-electron chi connectivity index (χ2n) is 6.10. The molecular weight excluding hydrogens is 458 g/mol. The largest absolute Gasteiger partial charge is 0.595 e. The highest BCUT2D eigenvalue weighted by atomic mass is 32.2. The molecule has 0 aromatic heterocycles. The SMILES string of the molecule is O=S(=O)(O)c1cc(O)c2c(O)ccc(N=Nc3ccc([NH+]([O-])O)c(S(=O)(=O)O)c3)c2c1. The smallest absolute Gasteiger partial charge is 0.300 e. The first-order valence-electron chi connectivity index (χ1n) is 8.02. The molecule has 0 saturated carbocycles. The van der Waals surface area contributed by atoms with Crippen LogP contribution in [0.2, 0.25) is 0 Å². The third-order valence-corrected chi connectivity index (χ3v) is 5.79. The van der Waals surface area contributed by atoms with Crippen molar-refractivity contribution >= 4 is 48.1 Å². The zero-order valence-corrected chi connectivity index (χ0v) is 16.7. The molecule has 15 heteroatoms. The number of azo groups is 1. The fourth-order valence-electron chi connectivity index (χ4n) is 2.71. The summed E-state index contributed by atoms with van der Waals surface area (Å²) in [6.07, 6.45) is 0. The lowest BCUT2D eigenvalue weighted by Crippen LogP contribution is -2.99. The summed E-state index contributed by atoms with van der Waals surface area (Å²) in [7, 11) is -9.61. The van der Waals surface area contributed by atoms with Crippen LogP contribution in [-0.2, 0) is 20.2 Å². The Morgan fingerprint density at radius 1 is 0.839 bits per heavy atom. The van der Waals surface area contributed by atoms with Gasteiger partial charge in [-0.1, -0.05) is 0 Å². The van der Waals surface area contributed by atoms with Crippen LogP contribution < -0.4 is 5.23 Å². The third kappa shape index (κ3) is 4.62. The molecule has 0 aliphatic carbocycles. The van der Waals surface area contributed by atoms with E-state index in [-0.39, 0.29) is 22.1 Å². The predicted octanol–water partition coefficient (Wildman–Crippen LogP) is 1.56. The summed E-state index contributed by atoms with van der Waals surface area (Å²) in [6.45, 7) is 0. The normalized spacial score (nSPS) is 13.7. The summed E-state index contributed by atoms with van der Waals surface area (Å²) < 4.78 is 64.2. The van der Waals surface area contributed by atoms with Gasteiger partial charge in [0.15, 0.2) is 10.6 Å². The molecule has 0 heterocycles. The van der Waals surface area contributed by atoms with Gasteiger partial charge in [-0.25, -0.2) is 5.21 Å². The standard InChI is InChI=1S/C16H13N3O10S2/c20-13-4-2-11(10-6-9(30(24,25)26)7-14(21)16(10)13)18-17-8-1-3-12(19(22)23)15(5-8)31(27,28)29/h1-7,19-22H,(H,24,25,26)(H,27,28,29). The van der Waals surface area contributed by atoms with E-state index in [1.807, 2.05) is 0 Å². The van der Waals surface area contributed by atoms with E-state index in [0.29, 0.717) is 0 Å². The minimum absolute atomic E-state index is 0.0932. The second-order valence-corrected chi connectivity index (χ2v) is 8.92. The highest BCUT2D eigenvalue weighted by Gasteiger charge is 2.21. The number of rotatable bonds is 5. The van der Waals surface area contributed by atoms with Crippen molar-refractivity contribution in [1.82, 2.24) is 0 Å². The summed E-state index contributed by atoms with van der Waals surface area (Å²) in [6, 6.07) is 6.72. The van der Waals surface area contributed by atoms with E-state index in [9.17, 15) is 41.4 Å². The Bertz CT molecular complexity index is 1430. The van der Waals surface area contributed by atoms with Gasteiger partial charge in [-0.2, -0.15) is 27.2 Å². The number of nitrogens with zero attached hydrogens (tertiary/aromatic N) is 2. The lowest BCUT2D eigenvalue weighted by molar-refractivity contribution is -0.992. The van der Waals surface area contributed by atoms with Crippen molar-refractivity contribution in [3.8, 4) is 11.5 Å². The lowest BCUT2D eigenvalue weighted by Gasteiger charge is -2.14. The number of phenols is 2. The fraction of sp³-hybridized carbons (Fsp3) is 0. The summed E-state index contributed by atoms with van der Waals surface area (Å²) in [5.74, 6) is -1.09. The molecule has 31 heavy (non-hydrogen) atoms. The van der Waals surface area contributed by atoms with Crippen molar-refractivity contribution in [2.75, 3.05) is 0 Å². The van der Waals surface area contributed by atoms with Gasteiger partial charge < -0.3 is 15.4 Å². The molecule has 1 atom stereocenters. The number of nitrogens with one attached hydrogen (secondary N) is 1. The van der Waals surface area contributed by atoms with Crippen molar-refractivity contribution in [3.63, 3.8) is 0 Å². The average molecular weight is 471 g/mol. The molecule has 1 unspecified atom stereocenters. The molecular formula is C16H13N3O10S2. The Morgan fingerprint density at radius 2 is 1.52 bits per heavy atom. The van der Waals surface area contributed by atoms with Gasteiger partial charge in [0.25, 0.3) is 10.1 Å². The van der Waals surface area contributed by atoms with Crippen LogP contribution in [0.5, 0.6) is 11.5 Å². The molecule has 0 aliphatic rings. The first-order valence-corrected chi connectivity index (χ1v) is 10.9. The maximum atomic E-state index is 11.4. The summed E-state index contributed by atoms with van der Waals surface area (Å²) >= 11 is 0. The summed E-state index contributed by atoms with van der Waals surface area (Å²) in [5.41, 5.74) is -0.974. The maximum absolute atomic E-state index is 11.4. The summed E-state index contributed by atoms with van der Waals surface area (Å²) in [5, 5.41) is 45.8. The number of hydrogen-bond acceptors (Lipinski definition) is 10. The van der Waals surface area contributed by atoms with Crippen LogP contribution in [0.1, 0.15) is 0 Å². The number of benzene rings is 3. The molecule has 3 aromatic carbocycles. The van der Waals surface area contributed by atoms with Crippen LogP contribution >= 0.6 is 0 Å². The number of phenolic OH excluding ortho intramolecular Hbond substituents is 2. The van der Waals surface area contributed by atoms with E-state index in [0.717, 1.165) is 36.4 Å². The highest BCUT2D eigenvalue weighted by molar-refractivity contribution is 7.86. The van der Waals surface area contributed by atoms with Crippen molar-refractivity contribution < 1.29 is 46.6 Å². The molecule has 0 saturated heterocycles. The first kappa shape index (κ1) is 22.5. The predicted molar refractivity (Wildman–Crippen MR) is 103 cm³/mol. The molecule has 3 aromatic rings. The summed E-state index contributed by atoms with van der Waals surface area (Å²) in [4.78, 5) is -1.60. The Hall–Kier alpha value is -3.18. The molecule has 164 valence electrons. The Kier molecular flexibility index (Phi) is 5.68. The van der Waals surface area contributed by atoms with Gasteiger partial charge in [0.2, 0.25) is 0 Å². The van der Waals surface area contributed by atoms with E-state index in [1.165, 1.54) is 6.07 Å². The minimum Gasteiger partial charge on any atom is -0.595 e. The van der Waals surface area contributed by atoms with E-state index in [1.54, 1.807) is 0 Å². The van der Waals surface area contributed by atoms with Crippen LogP contribution in [0.4, 0.5) is 17.1 Å². The van der Waals surface area contributed by atoms with Gasteiger partial charge in [-0.15, -0.1) is 5.11 Å². The van der Waals surface area contributed by atoms with Crippen LogP contribution in [0.3, 0.4) is 0 Å². The van der Waals surface area contributed by atoms with E-state index >= 15 is 0 Å². The topological polar surface area (TPSA) is 222 Å². The molecule has 0 amide bonds. The van der Waals surface area contributed by atoms with Gasteiger partial charge in [0.1, 0.15) is 11.5 Å². The Morgan fingerprint density at radius 3 is 2.10 bits per heavy atom. The average Bonchev–Trinajstić information content (AvgIpc) is 2.65. The zero-order valence-electron chi connectivity index (χ0n) is 15.0. The van der Waals surface area contributed by atoms with E-state index < -0.39 is 52.4 Å². The first-order chi connectivity index (χ1) is 14.3. The maximum Gasteiger partial charge on any atom is 0.300 e. The quantitative estimate of drug-likeness (QED) is 0.179. The van der Waals surface area contributed by atoms with E-state index in [4.69, 9.17) is 5.21 Å². The molecule has 6 N–H and O–H groups in total. The van der Waals surface area contributed by atoms with Crippen molar-refractivity contribution in [2.24, 2.45) is 10.2 Å².